The van der Waals surface area contributed by atoms with Crippen LogP contribution in [0.5, 0.6) is 5.75 Å². The van der Waals surface area contributed by atoms with E-state index in [0.717, 1.165) is 11.3 Å². The van der Waals surface area contributed by atoms with E-state index < -0.39 is 11.6 Å². The summed E-state index contributed by atoms with van der Waals surface area (Å²) in [6, 6.07) is 7.58. The molecule has 0 aliphatic carbocycles. The van der Waals surface area contributed by atoms with E-state index in [0.29, 0.717) is 19.4 Å². The number of hydrogen-bond acceptors (Lipinski definition) is 4. The molecule has 1 fully saturated rings. The summed E-state index contributed by atoms with van der Waals surface area (Å²) >= 11 is 0. The highest BCUT2D eigenvalue weighted by atomic mass is 19.1. The van der Waals surface area contributed by atoms with Gasteiger partial charge in [0.1, 0.15) is 5.75 Å². The molecule has 144 valence electrons. The molecule has 1 aliphatic rings. The average molecular weight is 366 g/mol. The molecule has 6 nitrogen and oxygen atoms in total. The number of amides is 2. The van der Waals surface area contributed by atoms with Crippen LogP contribution in [0.15, 0.2) is 24.3 Å². The molecular formula is C19H27FN2O4. The highest BCUT2D eigenvalue weighted by molar-refractivity contribution is 5.85. The minimum atomic E-state index is -1.90. The van der Waals surface area contributed by atoms with Gasteiger partial charge in [0.15, 0.2) is 5.67 Å². The number of carbonyl (C=O) groups is 2. The number of benzene rings is 1. The van der Waals surface area contributed by atoms with Gasteiger partial charge in [-0.3, -0.25) is 9.59 Å². The van der Waals surface area contributed by atoms with Gasteiger partial charge >= 0.3 is 0 Å². The maximum atomic E-state index is 14.7. The first-order valence-corrected chi connectivity index (χ1v) is 8.85. The van der Waals surface area contributed by atoms with Crippen LogP contribution in [-0.2, 0) is 20.7 Å². The van der Waals surface area contributed by atoms with E-state index in [2.05, 4.69) is 5.32 Å². The number of hydrogen-bond donors (Lipinski definition) is 1. The second kappa shape index (κ2) is 9.52. The normalized spacial score (nSPS) is 16.2. The second-order valence-electron chi connectivity index (χ2n) is 6.44. The Hall–Kier alpha value is -2.15. The summed E-state index contributed by atoms with van der Waals surface area (Å²) in [6.45, 7) is 1.15. The molecule has 1 heterocycles. The Kier molecular flexibility index (Phi) is 7.38. The van der Waals surface area contributed by atoms with Gasteiger partial charge in [0, 0.05) is 46.0 Å². The topological polar surface area (TPSA) is 67.9 Å². The molecule has 0 radical (unpaired) electrons. The Labute approximate surface area is 153 Å². The van der Waals surface area contributed by atoms with Gasteiger partial charge in [-0.2, -0.15) is 0 Å². The highest BCUT2D eigenvalue weighted by Gasteiger charge is 2.42. The number of nitrogens with one attached hydrogen (secondary N) is 1. The largest absolute Gasteiger partial charge is 0.497 e. The quantitative estimate of drug-likeness (QED) is 0.712. The second-order valence-corrected chi connectivity index (χ2v) is 6.44. The summed E-state index contributed by atoms with van der Waals surface area (Å²) < 4.78 is 24.7. The van der Waals surface area contributed by atoms with Gasteiger partial charge in [0.05, 0.1) is 13.7 Å². The number of alkyl halides is 1. The average Bonchev–Trinajstić information content (AvgIpc) is 2.67. The van der Waals surface area contributed by atoms with Crippen molar-refractivity contribution < 1.29 is 23.5 Å². The lowest BCUT2D eigenvalue weighted by atomic mass is 9.92. The third kappa shape index (κ3) is 5.42. The number of nitrogens with zero attached hydrogens (tertiary/aromatic N) is 1. The fourth-order valence-corrected chi connectivity index (χ4v) is 2.96. The molecule has 26 heavy (non-hydrogen) atoms. The summed E-state index contributed by atoms with van der Waals surface area (Å²) in [5, 5.41) is 2.54. The number of halogens is 1. The Bertz CT molecular complexity index is 598. The maximum Gasteiger partial charge on any atom is 0.257 e. The van der Waals surface area contributed by atoms with E-state index in [9.17, 15) is 14.0 Å². The predicted molar refractivity (Wildman–Crippen MR) is 95.9 cm³/mol. The zero-order valence-electron chi connectivity index (χ0n) is 15.4. The standard InChI is InChI=1S/C19H27FN2O4/c1-25-14-11-21-18(24)19(20)9-12-22(13-10-19)17(23)8-5-15-3-6-16(26-2)7-4-15/h3-4,6-7H,5,8-14H2,1-2H3,(H,21,24). The molecule has 1 saturated heterocycles. The van der Waals surface area contributed by atoms with Crippen molar-refractivity contribution in [2.24, 2.45) is 0 Å². The van der Waals surface area contributed by atoms with E-state index in [1.807, 2.05) is 24.3 Å². The number of ether oxygens (including phenoxy) is 2. The molecule has 0 unspecified atom stereocenters. The Morgan fingerprint density at radius 2 is 1.85 bits per heavy atom. The maximum absolute atomic E-state index is 14.7. The number of likely N-dealkylation sites (tertiary alicyclic amines) is 1. The summed E-state index contributed by atoms with van der Waals surface area (Å²) in [7, 11) is 3.13. The number of aryl methyl sites for hydroxylation is 1. The summed E-state index contributed by atoms with van der Waals surface area (Å²) in [4.78, 5) is 26.0. The van der Waals surface area contributed by atoms with Crippen molar-refractivity contribution in [3.05, 3.63) is 29.8 Å². The van der Waals surface area contributed by atoms with Crippen molar-refractivity contribution in [1.29, 1.82) is 0 Å². The van der Waals surface area contributed by atoms with Crippen LogP contribution in [0.25, 0.3) is 0 Å². The Morgan fingerprint density at radius 3 is 2.42 bits per heavy atom. The van der Waals surface area contributed by atoms with Crippen molar-refractivity contribution in [2.45, 2.75) is 31.4 Å². The minimum Gasteiger partial charge on any atom is -0.497 e. The summed E-state index contributed by atoms with van der Waals surface area (Å²) in [5.74, 6) is 0.154. The van der Waals surface area contributed by atoms with E-state index in [4.69, 9.17) is 9.47 Å². The molecule has 1 N–H and O–H groups in total. The fourth-order valence-electron chi connectivity index (χ4n) is 2.96. The smallest absolute Gasteiger partial charge is 0.257 e. The zero-order valence-corrected chi connectivity index (χ0v) is 15.4. The van der Waals surface area contributed by atoms with E-state index in [1.165, 1.54) is 7.11 Å². The molecule has 0 bridgehead atoms. The third-order valence-corrected chi connectivity index (χ3v) is 4.69. The SMILES string of the molecule is COCCNC(=O)C1(F)CCN(C(=O)CCc2ccc(OC)cc2)CC1. The lowest BCUT2D eigenvalue weighted by Crippen LogP contribution is -2.52. The first kappa shape index (κ1) is 20.2. The van der Waals surface area contributed by atoms with Crippen LogP contribution in [0.4, 0.5) is 4.39 Å². The molecule has 0 aromatic heterocycles. The molecule has 0 spiro atoms. The first-order chi connectivity index (χ1) is 12.5. The van der Waals surface area contributed by atoms with Crippen LogP contribution >= 0.6 is 0 Å². The molecule has 7 heteroatoms. The molecule has 1 aliphatic heterocycles. The lowest BCUT2D eigenvalue weighted by molar-refractivity contribution is -0.142. The van der Waals surface area contributed by atoms with E-state index in [-0.39, 0.29) is 38.4 Å². The number of carbonyl (C=O) groups excluding carboxylic acids is 2. The van der Waals surface area contributed by atoms with E-state index in [1.54, 1.807) is 12.0 Å². The van der Waals surface area contributed by atoms with Crippen molar-refractivity contribution in [1.82, 2.24) is 10.2 Å². The number of methoxy groups -OCH3 is 2. The molecule has 1 aromatic rings. The predicted octanol–water partition coefficient (Wildman–Crippen LogP) is 1.72. The highest BCUT2D eigenvalue weighted by Crippen LogP contribution is 2.27. The Balaban J connectivity index is 1.77. The fraction of sp³-hybridized carbons (Fsp3) is 0.579. The van der Waals surface area contributed by atoms with E-state index >= 15 is 0 Å². The molecular weight excluding hydrogens is 339 g/mol. The summed E-state index contributed by atoms with van der Waals surface area (Å²) in [5.41, 5.74) is -0.853. The van der Waals surface area contributed by atoms with Gasteiger partial charge in [0.25, 0.3) is 5.91 Å². The van der Waals surface area contributed by atoms with Crippen molar-refractivity contribution in [2.75, 3.05) is 40.5 Å². The molecule has 0 atom stereocenters. The third-order valence-electron chi connectivity index (χ3n) is 4.69. The first-order valence-electron chi connectivity index (χ1n) is 8.85. The van der Waals surface area contributed by atoms with Gasteiger partial charge < -0.3 is 19.7 Å². The van der Waals surface area contributed by atoms with Crippen LogP contribution in [-0.4, -0.2) is 62.8 Å². The van der Waals surface area contributed by atoms with Crippen molar-refractivity contribution in [3.63, 3.8) is 0 Å². The van der Waals surface area contributed by atoms with Gasteiger partial charge in [-0.05, 0) is 24.1 Å². The van der Waals surface area contributed by atoms with Crippen LogP contribution in [0.1, 0.15) is 24.8 Å². The Morgan fingerprint density at radius 1 is 1.19 bits per heavy atom. The van der Waals surface area contributed by atoms with Crippen LogP contribution in [0.3, 0.4) is 0 Å². The van der Waals surface area contributed by atoms with Crippen LogP contribution < -0.4 is 10.1 Å². The van der Waals surface area contributed by atoms with Crippen LogP contribution in [0.2, 0.25) is 0 Å². The van der Waals surface area contributed by atoms with Crippen molar-refractivity contribution in [3.8, 4) is 5.75 Å². The van der Waals surface area contributed by atoms with Crippen LogP contribution in [0, 0.1) is 0 Å². The zero-order chi connectivity index (χ0) is 19.0. The molecule has 0 saturated carbocycles. The van der Waals surface area contributed by atoms with Gasteiger partial charge in [-0.1, -0.05) is 12.1 Å². The van der Waals surface area contributed by atoms with Gasteiger partial charge in [0.2, 0.25) is 5.91 Å². The molecule has 1 aromatic carbocycles. The monoisotopic (exact) mass is 366 g/mol. The lowest BCUT2D eigenvalue weighted by Gasteiger charge is -2.35. The molecule has 2 amide bonds. The van der Waals surface area contributed by atoms with Crippen molar-refractivity contribution >= 4 is 11.8 Å². The number of piperidine rings is 1. The summed E-state index contributed by atoms with van der Waals surface area (Å²) in [6.07, 6.45) is 1.05. The number of rotatable bonds is 8. The minimum absolute atomic E-state index is 0.0114. The van der Waals surface area contributed by atoms with Gasteiger partial charge in [-0.25, -0.2) is 4.39 Å². The molecule has 2 rings (SSSR count). The van der Waals surface area contributed by atoms with Gasteiger partial charge in [-0.15, -0.1) is 0 Å².